The minimum absolute atomic E-state index is 0.0935. The van der Waals surface area contributed by atoms with E-state index in [2.05, 4.69) is 10.6 Å². The zero-order valence-electron chi connectivity index (χ0n) is 14.4. The average Bonchev–Trinajstić information content (AvgIpc) is 2.58. The quantitative estimate of drug-likeness (QED) is 0.897. The van der Waals surface area contributed by atoms with E-state index in [4.69, 9.17) is 0 Å². The van der Waals surface area contributed by atoms with E-state index in [1.165, 1.54) is 13.0 Å². The largest absolute Gasteiger partial charge is 0.326 e. The molecule has 25 heavy (non-hydrogen) atoms. The van der Waals surface area contributed by atoms with Crippen LogP contribution in [-0.2, 0) is 17.8 Å². The molecule has 0 saturated heterocycles. The molecule has 0 aliphatic heterocycles. The number of carbonyl (C=O) groups is 2. The predicted molar refractivity (Wildman–Crippen MR) is 95.2 cm³/mol. The van der Waals surface area contributed by atoms with Crippen molar-refractivity contribution < 1.29 is 14.0 Å². The first kappa shape index (κ1) is 17.3. The number of carbonyl (C=O) groups excluding carboxylic acids is 2. The first-order valence-electron chi connectivity index (χ1n) is 8.38. The molecule has 1 amide bonds. The Bertz CT molecular complexity index is 818. The summed E-state index contributed by atoms with van der Waals surface area (Å²) in [5.74, 6) is -0.812. The molecule has 4 nitrogen and oxygen atoms in total. The number of amides is 1. The van der Waals surface area contributed by atoms with Gasteiger partial charge < -0.3 is 10.6 Å². The van der Waals surface area contributed by atoms with Gasteiger partial charge in [-0.15, -0.1) is 0 Å². The SMILES string of the molecule is CC(=O)Nc1cc(F)c(C)c2c1C(=O)[C@@H](NCc1ccccc1)CC2. The number of fused-ring (bicyclic) bond motifs is 1. The van der Waals surface area contributed by atoms with Gasteiger partial charge in [-0.05, 0) is 42.5 Å². The highest BCUT2D eigenvalue weighted by Gasteiger charge is 2.31. The molecular formula is C20H21FN2O2. The Kier molecular flexibility index (Phi) is 4.95. The van der Waals surface area contributed by atoms with Gasteiger partial charge in [0.15, 0.2) is 5.78 Å². The Balaban J connectivity index is 1.88. The first-order valence-corrected chi connectivity index (χ1v) is 8.38. The van der Waals surface area contributed by atoms with E-state index in [9.17, 15) is 14.0 Å². The van der Waals surface area contributed by atoms with Crippen molar-refractivity contribution in [2.45, 2.75) is 39.3 Å². The summed E-state index contributed by atoms with van der Waals surface area (Å²) in [4.78, 5) is 24.4. The highest BCUT2D eigenvalue weighted by Crippen LogP contribution is 2.32. The highest BCUT2D eigenvalue weighted by atomic mass is 19.1. The molecule has 0 heterocycles. The standard InChI is InChI=1S/C20H21FN2O2/c1-12-15-8-9-17(22-11-14-6-4-3-5-7-14)20(25)19(15)18(10-16(12)21)23-13(2)24/h3-7,10,17,22H,8-9,11H2,1-2H3,(H,23,24)/t17-/m0/s1. The van der Waals surface area contributed by atoms with Gasteiger partial charge >= 0.3 is 0 Å². The maximum absolute atomic E-state index is 14.1. The second-order valence-electron chi connectivity index (χ2n) is 6.39. The van der Waals surface area contributed by atoms with Crippen molar-refractivity contribution in [1.29, 1.82) is 0 Å². The lowest BCUT2D eigenvalue weighted by molar-refractivity contribution is -0.114. The van der Waals surface area contributed by atoms with Gasteiger partial charge in [-0.2, -0.15) is 0 Å². The number of hydrogen-bond donors (Lipinski definition) is 2. The number of nitrogens with one attached hydrogen (secondary N) is 2. The van der Waals surface area contributed by atoms with Crippen molar-refractivity contribution in [3.05, 3.63) is 64.5 Å². The van der Waals surface area contributed by atoms with E-state index >= 15 is 0 Å². The number of hydrogen-bond acceptors (Lipinski definition) is 3. The van der Waals surface area contributed by atoms with Crippen LogP contribution in [0.5, 0.6) is 0 Å². The number of halogens is 1. The van der Waals surface area contributed by atoms with Crippen LogP contribution in [-0.4, -0.2) is 17.7 Å². The normalized spacial score (nSPS) is 16.4. The van der Waals surface area contributed by atoms with E-state index in [0.717, 1.165) is 5.56 Å². The van der Waals surface area contributed by atoms with Crippen molar-refractivity contribution >= 4 is 17.4 Å². The maximum Gasteiger partial charge on any atom is 0.221 e. The fourth-order valence-corrected chi connectivity index (χ4v) is 3.31. The van der Waals surface area contributed by atoms with E-state index in [1.807, 2.05) is 30.3 Å². The molecule has 0 saturated carbocycles. The molecule has 5 heteroatoms. The summed E-state index contributed by atoms with van der Waals surface area (Å²) >= 11 is 0. The summed E-state index contributed by atoms with van der Waals surface area (Å²) in [6, 6.07) is 10.7. The zero-order valence-corrected chi connectivity index (χ0v) is 14.4. The van der Waals surface area contributed by atoms with Gasteiger partial charge in [0.05, 0.1) is 11.7 Å². The monoisotopic (exact) mass is 340 g/mol. The van der Waals surface area contributed by atoms with Gasteiger partial charge in [-0.25, -0.2) is 4.39 Å². The van der Waals surface area contributed by atoms with E-state index in [-0.39, 0.29) is 23.4 Å². The van der Waals surface area contributed by atoms with Gasteiger partial charge in [-0.3, -0.25) is 9.59 Å². The molecule has 0 fully saturated rings. The Morgan fingerprint density at radius 2 is 2.00 bits per heavy atom. The smallest absolute Gasteiger partial charge is 0.221 e. The summed E-state index contributed by atoms with van der Waals surface area (Å²) in [6.45, 7) is 3.61. The molecule has 3 rings (SSSR count). The van der Waals surface area contributed by atoms with Crippen LogP contribution >= 0.6 is 0 Å². The second kappa shape index (κ2) is 7.15. The number of rotatable bonds is 4. The molecule has 0 bridgehead atoms. The third kappa shape index (κ3) is 3.61. The summed E-state index contributed by atoms with van der Waals surface area (Å²) in [6.07, 6.45) is 1.21. The maximum atomic E-state index is 14.1. The zero-order chi connectivity index (χ0) is 18.0. The Labute approximate surface area is 146 Å². The number of Topliss-reactive ketones (excluding diaryl/α,β-unsaturated/α-hetero) is 1. The molecule has 2 aromatic rings. The molecule has 2 aromatic carbocycles. The summed E-state index contributed by atoms with van der Waals surface area (Å²) in [5.41, 5.74) is 2.98. The molecule has 1 atom stereocenters. The molecule has 1 aliphatic rings. The third-order valence-corrected chi connectivity index (χ3v) is 4.61. The number of benzene rings is 2. The van der Waals surface area contributed by atoms with Gasteiger partial charge in [0, 0.05) is 19.0 Å². The van der Waals surface area contributed by atoms with Crippen molar-refractivity contribution in [3.63, 3.8) is 0 Å². The minimum atomic E-state index is -0.397. The van der Waals surface area contributed by atoms with Crippen LogP contribution in [0.4, 0.5) is 10.1 Å². The average molecular weight is 340 g/mol. The van der Waals surface area contributed by atoms with Gasteiger partial charge in [-0.1, -0.05) is 30.3 Å². The lowest BCUT2D eigenvalue weighted by Crippen LogP contribution is -2.40. The molecule has 0 spiro atoms. The summed E-state index contributed by atoms with van der Waals surface area (Å²) in [7, 11) is 0. The topological polar surface area (TPSA) is 58.2 Å². The molecule has 0 aromatic heterocycles. The van der Waals surface area contributed by atoms with Gasteiger partial charge in [0.2, 0.25) is 5.91 Å². The van der Waals surface area contributed by atoms with E-state index in [1.54, 1.807) is 6.92 Å². The summed E-state index contributed by atoms with van der Waals surface area (Å²) in [5, 5.41) is 5.89. The van der Waals surface area contributed by atoms with Crippen molar-refractivity contribution in [3.8, 4) is 0 Å². The first-order chi connectivity index (χ1) is 12.0. The van der Waals surface area contributed by atoms with Crippen LogP contribution in [0.2, 0.25) is 0 Å². The van der Waals surface area contributed by atoms with E-state index in [0.29, 0.717) is 36.1 Å². The Morgan fingerprint density at radius 1 is 1.28 bits per heavy atom. The van der Waals surface area contributed by atoms with Crippen molar-refractivity contribution in [2.75, 3.05) is 5.32 Å². The fraction of sp³-hybridized carbons (Fsp3) is 0.300. The molecular weight excluding hydrogens is 319 g/mol. The summed E-state index contributed by atoms with van der Waals surface area (Å²) < 4.78 is 14.1. The van der Waals surface area contributed by atoms with Gasteiger partial charge in [0.25, 0.3) is 0 Å². The molecule has 1 aliphatic carbocycles. The second-order valence-corrected chi connectivity index (χ2v) is 6.39. The lowest BCUT2D eigenvalue weighted by atomic mass is 9.83. The Morgan fingerprint density at radius 3 is 2.68 bits per heavy atom. The van der Waals surface area contributed by atoms with E-state index < -0.39 is 5.82 Å². The van der Waals surface area contributed by atoms with Crippen LogP contribution in [0.1, 0.15) is 40.4 Å². The third-order valence-electron chi connectivity index (χ3n) is 4.61. The van der Waals surface area contributed by atoms with Crippen LogP contribution in [0.25, 0.3) is 0 Å². The van der Waals surface area contributed by atoms with Crippen LogP contribution in [0.15, 0.2) is 36.4 Å². The minimum Gasteiger partial charge on any atom is -0.326 e. The van der Waals surface area contributed by atoms with Crippen molar-refractivity contribution in [1.82, 2.24) is 5.32 Å². The fourth-order valence-electron chi connectivity index (χ4n) is 3.31. The predicted octanol–water partition coefficient (Wildman–Crippen LogP) is 3.38. The van der Waals surface area contributed by atoms with Crippen molar-refractivity contribution in [2.24, 2.45) is 0 Å². The van der Waals surface area contributed by atoms with Crippen LogP contribution in [0.3, 0.4) is 0 Å². The lowest BCUT2D eigenvalue weighted by Gasteiger charge is -2.27. The highest BCUT2D eigenvalue weighted by molar-refractivity contribution is 6.09. The number of anilines is 1. The van der Waals surface area contributed by atoms with Crippen LogP contribution in [0, 0.1) is 12.7 Å². The van der Waals surface area contributed by atoms with Crippen LogP contribution < -0.4 is 10.6 Å². The Hall–Kier alpha value is -2.53. The number of ketones is 1. The molecule has 0 radical (unpaired) electrons. The molecule has 2 N–H and O–H groups in total. The molecule has 0 unspecified atom stereocenters. The molecule has 130 valence electrons. The van der Waals surface area contributed by atoms with Gasteiger partial charge in [0.1, 0.15) is 5.82 Å².